The number of nitrogens with zero attached hydrogens (tertiary/aromatic N) is 1. The molecule has 3 nitrogen and oxygen atoms in total. The third kappa shape index (κ3) is 4.82. The van der Waals surface area contributed by atoms with E-state index in [1.165, 1.54) is 27.1 Å². The SMILES string of the molecule is CCOC(=O)/C=C/c1cc2c(s1)CCc1ccccc1C2=C1CCN(C)CC1.Cl. The minimum absolute atomic E-state index is 0. The molecule has 0 spiro atoms. The summed E-state index contributed by atoms with van der Waals surface area (Å²) in [6.45, 7) is 4.48. The Balaban J connectivity index is 0.00000240. The molecule has 154 valence electrons. The first-order chi connectivity index (χ1) is 13.7. The molecule has 1 aromatic heterocycles. The van der Waals surface area contributed by atoms with Crippen LogP contribution in [0.25, 0.3) is 11.6 Å². The lowest BCUT2D eigenvalue weighted by Gasteiger charge is -2.27. The lowest BCUT2D eigenvalue weighted by atomic mass is 9.87. The number of hydrogen-bond acceptors (Lipinski definition) is 4. The van der Waals surface area contributed by atoms with E-state index in [2.05, 4.69) is 42.3 Å². The van der Waals surface area contributed by atoms with Gasteiger partial charge in [-0.15, -0.1) is 23.7 Å². The van der Waals surface area contributed by atoms with E-state index < -0.39 is 0 Å². The first kappa shape index (κ1) is 21.8. The molecule has 1 aliphatic carbocycles. The van der Waals surface area contributed by atoms with Crippen LogP contribution in [0.3, 0.4) is 0 Å². The Morgan fingerprint density at radius 3 is 2.66 bits per heavy atom. The Labute approximate surface area is 183 Å². The first-order valence-electron chi connectivity index (χ1n) is 10.1. The summed E-state index contributed by atoms with van der Waals surface area (Å²) in [4.78, 5) is 16.7. The Bertz CT molecular complexity index is 934. The number of likely N-dealkylation sites (tertiary alicyclic amines) is 1. The Hall–Kier alpha value is -1.88. The fourth-order valence-electron chi connectivity index (χ4n) is 4.16. The van der Waals surface area contributed by atoms with Crippen LogP contribution in [-0.2, 0) is 22.4 Å². The standard InChI is InChI=1S/C24H27NO2S.ClH/c1-3-27-23(26)11-9-19-16-21-22(28-19)10-8-17-6-4-5-7-20(17)24(21)18-12-14-25(2)15-13-18;/h4-7,9,11,16H,3,8,10,12-15H2,1-2H3;1H/b11-9+;. The lowest BCUT2D eigenvalue weighted by molar-refractivity contribution is -0.137. The number of halogens is 1. The van der Waals surface area contributed by atoms with Crippen molar-refractivity contribution in [3.05, 3.63) is 68.4 Å². The van der Waals surface area contributed by atoms with E-state index in [-0.39, 0.29) is 18.4 Å². The molecule has 1 saturated heterocycles. The van der Waals surface area contributed by atoms with Crippen LogP contribution in [0.2, 0.25) is 0 Å². The number of hydrogen-bond donors (Lipinski definition) is 0. The summed E-state index contributed by atoms with van der Waals surface area (Å²) in [5.74, 6) is -0.273. The van der Waals surface area contributed by atoms with E-state index in [0.717, 1.165) is 43.6 Å². The van der Waals surface area contributed by atoms with Crippen molar-refractivity contribution in [3.8, 4) is 0 Å². The number of benzene rings is 1. The van der Waals surface area contributed by atoms with E-state index >= 15 is 0 Å². The van der Waals surface area contributed by atoms with Gasteiger partial charge in [-0.3, -0.25) is 0 Å². The summed E-state index contributed by atoms with van der Waals surface area (Å²) in [5.41, 5.74) is 7.25. The van der Waals surface area contributed by atoms with Gasteiger partial charge in [0.25, 0.3) is 0 Å². The van der Waals surface area contributed by atoms with Crippen molar-refractivity contribution in [2.75, 3.05) is 26.7 Å². The second-order valence-corrected chi connectivity index (χ2v) is 8.68. The smallest absolute Gasteiger partial charge is 0.330 e. The third-order valence-corrected chi connectivity index (χ3v) is 6.78. The summed E-state index contributed by atoms with van der Waals surface area (Å²) >= 11 is 1.81. The zero-order valence-electron chi connectivity index (χ0n) is 17.1. The van der Waals surface area contributed by atoms with Gasteiger partial charge in [0, 0.05) is 28.9 Å². The van der Waals surface area contributed by atoms with Gasteiger partial charge in [0.1, 0.15) is 0 Å². The number of esters is 1. The number of fused-ring (bicyclic) bond motifs is 2. The molecule has 2 heterocycles. The topological polar surface area (TPSA) is 29.5 Å². The molecule has 0 N–H and O–H groups in total. The highest BCUT2D eigenvalue weighted by atomic mass is 35.5. The van der Waals surface area contributed by atoms with Gasteiger partial charge in [0.05, 0.1) is 6.61 Å². The molecule has 0 saturated carbocycles. The van der Waals surface area contributed by atoms with Crippen LogP contribution in [-0.4, -0.2) is 37.6 Å². The largest absolute Gasteiger partial charge is 0.463 e. The number of thiophene rings is 1. The van der Waals surface area contributed by atoms with Crippen molar-refractivity contribution in [1.82, 2.24) is 4.90 Å². The fourth-order valence-corrected chi connectivity index (χ4v) is 5.24. The van der Waals surface area contributed by atoms with E-state index in [0.29, 0.717) is 6.61 Å². The molecule has 0 unspecified atom stereocenters. The molecule has 5 heteroatoms. The number of carbonyl (C=O) groups excluding carboxylic acids is 1. The van der Waals surface area contributed by atoms with Crippen LogP contribution in [0.1, 0.15) is 46.2 Å². The van der Waals surface area contributed by atoms with Crippen molar-refractivity contribution in [3.63, 3.8) is 0 Å². The normalized spacial score (nSPS) is 16.8. The van der Waals surface area contributed by atoms with E-state index in [1.54, 1.807) is 11.6 Å². The zero-order chi connectivity index (χ0) is 19.5. The fraction of sp³-hybridized carbons (Fsp3) is 0.375. The van der Waals surface area contributed by atoms with Crippen LogP contribution in [0.5, 0.6) is 0 Å². The summed E-state index contributed by atoms with van der Waals surface area (Å²) in [6.07, 6.45) is 7.83. The maximum atomic E-state index is 11.7. The summed E-state index contributed by atoms with van der Waals surface area (Å²) in [6, 6.07) is 11.2. The molecule has 29 heavy (non-hydrogen) atoms. The lowest BCUT2D eigenvalue weighted by Crippen LogP contribution is -2.27. The average molecular weight is 430 g/mol. The van der Waals surface area contributed by atoms with E-state index in [1.807, 2.05) is 24.3 Å². The predicted octanol–water partition coefficient (Wildman–Crippen LogP) is 5.37. The molecule has 2 aromatic rings. The molecule has 1 aliphatic heterocycles. The van der Waals surface area contributed by atoms with Crippen molar-refractivity contribution >= 4 is 41.4 Å². The van der Waals surface area contributed by atoms with Crippen LogP contribution >= 0.6 is 23.7 Å². The second kappa shape index (κ2) is 9.75. The van der Waals surface area contributed by atoms with E-state index in [4.69, 9.17) is 4.74 Å². The molecule has 2 aliphatic rings. The molecule has 0 amide bonds. The number of aryl methyl sites for hydroxylation is 2. The van der Waals surface area contributed by atoms with Gasteiger partial charge >= 0.3 is 5.97 Å². The quantitative estimate of drug-likeness (QED) is 0.485. The Kier molecular flexibility index (Phi) is 7.33. The molecular formula is C24H28ClNO2S. The number of piperidine rings is 1. The minimum atomic E-state index is -0.273. The molecule has 0 atom stereocenters. The molecular weight excluding hydrogens is 402 g/mol. The van der Waals surface area contributed by atoms with Crippen molar-refractivity contribution in [2.24, 2.45) is 0 Å². The molecule has 0 bridgehead atoms. The van der Waals surface area contributed by atoms with Crippen LogP contribution in [0.4, 0.5) is 0 Å². The number of rotatable bonds is 3. The van der Waals surface area contributed by atoms with Gasteiger partial charge in [-0.1, -0.05) is 29.8 Å². The Morgan fingerprint density at radius 2 is 1.90 bits per heavy atom. The first-order valence-corrected chi connectivity index (χ1v) is 10.9. The predicted molar refractivity (Wildman–Crippen MR) is 124 cm³/mol. The summed E-state index contributed by atoms with van der Waals surface area (Å²) < 4.78 is 5.02. The van der Waals surface area contributed by atoms with E-state index in [9.17, 15) is 4.79 Å². The number of ether oxygens (including phenoxy) is 1. The highest BCUT2D eigenvalue weighted by Gasteiger charge is 2.24. The summed E-state index contributed by atoms with van der Waals surface area (Å²) in [5, 5.41) is 0. The minimum Gasteiger partial charge on any atom is -0.463 e. The molecule has 1 fully saturated rings. The van der Waals surface area contributed by atoms with Gasteiger partial charge < -0.3 is 9.64 Å². The average Bonchev–Trinajstić information content (AvgIpc) is 3.04. The van der Waals surface area contributed by atoms with Gasteiger partial charge in [-0.25, -0.2) is 4.79 Å². The molecule has 1 aromatic carbocycles. The van der Waals surface area contributed by atoms with Crippen molar-refractivity contribution < 1.29 is 9.53 Å². The maximum Gasteiger partial charge on any atom is 0.330 e. The Morgan fingerprint density at radius 1 is 1.14 bits per heavy atom. The molecule has 0 radical (unpaired) electrons. The highest BCUT2D eigenvalue weighted by Crippen LogP contribution is 2.41. The zero-order valence-corrected chi connectivity index (χ0v) is 18.7. The highest BCUT2D eigenvalue weighted by molar-refractivity contribution is 7.13. The van der Waals surface area contributed by atoms with Gasteiger partial charge in [0.2, 0.25) is 0 Å². The van der Waals surface area contributed by atoms with Crippen molar-refractivity contribution in [1.29, 1.82) is 0 Å². The van der Waals surface area contributed by atoms with Gasteiger partial charge in [-0.2, -0.15) is 0 Å². The third-order valence-electron chi connectivity index (χ3n) is 5.62. The maximum absolute atomic E-state index is 11.7. The van der Waals surface area contributed by atoms with Crippen LogP contribution in [0, 0.1) is 0 Å². The monoisotopic (exact) mass is 429 g/mol. The van der Waals surface area contributed by atoms with Crippen LogP contribution < -0.4 is 0 Å². The summed E-state index contributed by atoms with van der Waals surface area (Å²) in [7, 11) is 2.21. The van der Waals surface area contributed by atoms with Gasteiger partial charge in [0.15, 0.2) is 0 Å². The second-order valence-electron chi connectivity index (χ2n) is 7.51. The number of carbonyl (C=O) groups is 1. The van der Waals surface area contributed by atoms with Crippen molar-refractivity contribution in [2.45, 2.75) is 32.6 Å². The van der Waals surface area contributed by atoms with Gasteiger partial charge in [-0.05, 0) is 74.1 Å². The molecule has 4 rings (SSSR count). The van der Waals surface area contributed by atoms with Crippen LogP contribution in [0.15, 0.2) is 42.0 Å².